The smallest absolute Gasteiger partial charge is 0.123 e. The number of aryl methyl sites for hydroxylation is 1. The van der Waals surface area contributed by atoms with Crippen molar-refractivity contribution >= 4 is 5.69 Å². The summed E-state index contributed by atoms with van der Waals surface area (Å²) in [6, 6.07) is 7.35. The van der Waals surface area contributed by atoms with Gasteiger partial charge in [0.05, 0.1) is 7.11 Å². The average molecular weight is 304 g/mol. The van der Waals surface area contributed by atoms with E-state index >= 15 is 0 Å². The van der Waals surface area contributed by atoms with Crippen molar-refractivity contribution in [1.82, 2.24) is 4.90 Å². The van der Waals surface area contributed by atoms with E-state index in [4.69, 9.17) is 4.74 Å². The van der Waals surface area contributed by atoms with E-state index in [1.165, 1.54) is 50.0 Å². The highest BCUT2D eigenvalue weighted by Gasteiger charge is 2.24. The van der Waals surface area contributed by atoms with E-state index in [-0.39, 0.29) is 0 Å². The number of piperidine rings is 1. The van der Waals surface area contributed by atoms with Crippen LogP contribution in [0.2, 0.25) is 0 Å². The molecule has 3 heteroatoms. The Labute approximate surface area is 136 Å². The molecule has 1 fully saturated rings. The maximum Gasteiger partial charge on any atom is 0.123 e. The van der Waals surface area contributed by atoms with E-state index in [2.05, 4.69) is 48.8 Å². The maximum absolute atomic E-state index is 5.46. The first kappa shape index (κ1) is 17.1. The fraction of sp³-hybridized carbons (Fsp3) is 0.684. The van der Waals surface area contributed by atoms with Crippen LogP contribution in [0.1, 0.15) is 45.1 Å². The van der Waals surface area contributed by atoms with Gasteiger partial charge in [0.1, 0.15) is 5.75 Å². The Morgan fingerprint density at radius 1 is 1.14 bits per heavy atom. The Morgan fingerprint density at radius 3 is 2.32 bits per heavy atom. The van der Waals surface area contributed by atoms with Crippen molar-refractivity contribution in [3.8, 4) is 5.75 Å². The van der Waals surface area contributed by atoms with Gasteiger partial charge in [-0.2, -0.15) is 0 Å². The molecule has 0 unspecified atom stereocenters. The third-order valence-electron chi connectivity index (χ3n) is 4.76. The number of hydrogen-bond acceptors (Lipinski definition) is 3. The summed E-state index contributed by atoms with van der Waals surface area (Å²) in [4.78, 5) is 5.21. The molecule has 0 radical (unpaired) electrons. The lowest BCUT2D eigenvalue weighted by Gasteiger charge is -2.39. The second kappa shape index (κ2) is 8.42. The van der Waals surface area contributed by atoms with Gasteiger partial charge in [-0.3, -0.25) is 0 Å². The molecule has 3 nitrogen and oxygen atoms in total. The van der Waals surface area contributed by atoms with Gasteiger partial charge >= 0.3 is 0 Å². The van der Waals surface area contributed by atoms with Crippen LogP contribution in [0.15, 0.2) is 18.2 Å². The monoisotopic (exact) mass is 304 g/mol. The van der Waals surface area contributed by atoms with Crippen LogP contribution in [0.25, 0.3) is 0 Å². The first-order valence-electron chi connectivity index (χ1n) is 8.83. The standard InChI is InChI=1S/C19H32N2O/c1-5-11-20(12-6-2)17-9-13-21(14-10-17)18-8-7-16(3)19(15-18)22-4/h7-8,15,17H,5-6,9-14H2,1-4H3. The zero-order valence-electron chi connectivity index (χ0n) is 14.8. The first-order valence-corrected chi connectivity index (χ1v) is 8.83. The summed E-state index contributed by atoms with van der Waals surface area (Å²) >= 11 is 0. The molecule has 2 rings (SSSR count). The van der Waals surface area contributed by atoms with E-state index in [1.807, 2.05) is 0 Å². The molecule has 1 aliphatic heterocycles. The van der Waals surface area contributed by atoms with E-state index in [9.17, 15) is 0 Å². The normalized spacial score (nSPS) is 16.3. The van der Waals surface area contributed by atoms with Gasteiger partial charge in [0.15, 0.2) is 0 Å². The molecule has 0 spiro atoms. The minimum Gasteiger partial charge on any atom is -0.496 e. The van der Waals surface area contributed by atoms with Crippen molar-refractivity contribution < 1.29 is 4.74 Å². The fourth-order valence-electron chi connectivity index (χ4n) is 3.55. The molecule has 0 amide bonds. The summed E-state index contributed by atoms with van der Waals surface area (Å²) in [5.74, 6) is 0.998. The zero-order valence-corrected chi connectivity index (χ0v) is 14.8. The van der Waals surface area contributed by atoms with Crippen molar-refractivity contribution in [3.63, 3.8) is 0 Å². The molecule has 0 saturated carbocycles. The van der Waals surface area contributed by atoms with Crippen LogP contribution >= 0.6 is 0 Å². The van der Waals surface area contributed by atoms with Gasteiger partial charge in [-0.25, -0.2) is 0 Å². The number of hydrogen-bond donors (Lipinski definition) is 0. The molecular weight excluding hydrogens is 272 g/mol. The van der Waals surface area contributed by atoms with E-state index in [1.54, 1.807) is 7.11 Å². The van der Waals surface area contributed by atoms with Crippen LogP contribution in [0, 0.1) is 6.92 Å². The Balaban J connectivity index is 1.96. The van der Waals surface area contributed by atoms with E-state index < -0.39 is 0 Å². The van der Waals surface area contributed by atoms with Gasteiger partial charge in [0, 0.05) is 30.9 Å². The van der Waals surface area contributed by atoms with Crippen molar-refractivity contribution in [2.45, 2.75) is 52.5 Å². The largest absolute Gasteiger partial charge is 0.496 e. The highest BCUT2D eigenvalue weighted by molar-refractivity contribution is 5.53. The van der Waals surface area contributed by atoms with Gasteiger partial charge < -0.3 is 14.5 Å². The van der Waals surface area contributed by atoms with Crippen molar-refractivity contribution in [2.75, 3.05) is 38.2 Å². The Morgan fingerprint density at radius 2 is 1.77 bits per heavy atom. The van der Waals surface area contributed by atoms with Crippen LogP contribution in [0.4, 0.5) is 5.69 Å². The summed E-state index contributed by atoms with van der Waals surface area (Å²) in [5.41, 5.74) is 2.51. The first-order chi connectivity index (χ1) is 10.7. The molecule has 0 aromatic heterocycles. The number of nitrogens with zero attached hydrogens (tertiary/aromatic N) is 2. The van der Waals surface area contributed by atoms with Crippen LogP contribution in [0.3, 0.4) is 0 Å². The highest BCUT2D eigenvalue weighted by Crippen LogP contribution is 2.28. The number of methoxy groups -OCH3 is 1. The Kier molecular flexibility index (Phi) is 6.56. The van der Waals surface area contributed by atoms with Crippen LogP contribution in [-0.2, 0) is 0 Å². The van der Waals surface area contributed by atoms with Gasteiger partial charge in [-0.05, 0) is 57.3 Å². The predicted molar refractivity (Wildman–Crippen MR) is 95.1 cm³/mol. The van der Waals surface area contributed by atoms with Gasteiger partial charge in [0.2, 0.25) is 0 Å². The van der Waals surface area contributed by atoms with Crippen LogP contribution in [0.5, 0.6) is 5.75 Å². The topological polar surface area (TPSA) is 15.7 Å². The second-order valence-corrected chi connectivity index (χ2v) is 6.41. The summed E-state index contributed by atoms with van der Waals surface area (Å²) in [5, 5.41) is 0. The number of ether oxygens (including phenoxy) is 1. The van der Waals surface area contributed by atoms with Gasteiger partial charge in [0.25, 0.3) is 0 Å². The van der Waals surface area contributed by atoms with E-state index in [0.717, 1.165) is 24.9 Å². The molecular formula is C19H32N2O. The molecule has 0 N–H and O–H groups in total. The SMILES string of the molecule is CCCN(CCC)C1CCN(c2ccc(C)c(OC)c2)CC1. The molecule has 0 bridgehead atoms. The molecule has 1 aliphatic rings. The molecule has 1 aromatic rings. The van der Waals surface area contributed by atoms with Crippen molar-refractivity contribution in [1.29, 1.82) is 0 Å². The minimum atomic E-state index is 0.767. The summed E-state index contributed by atoms with van der Waals surface area (Å²) in [6.07, 6.45) is 5.07. The molecule has 124 valence electrons. The molecule has 1 saturated heterocycles. The number of benzene rings is 1. The van der Waals surface area contributed by atoms with Crippen LogP contribution < -0.4 is 9.64 Å². The number of rotatable bonds is 7. The average Bonchev–Trinajstić information content (AvgIpc) is 2.55. The van der Waals surface area contributed by atoms with E-state index in [0.29, 0.717) is 0 Å². The predicted octanol–water partition coefficient (Wildman–Crippen LogP) is 4.09. The lowest BCUT2D eigenvalue weighted by Crippen LogP contribution is -2.45. The Hall–Kier alpha value is -1.22. The van der Waals surface area contributed by atoms with Crippen LogP contribution in [-0.4, -0.2) is 44.2 Å². The molecule has 0 atom stereocenters. The minimum absolute atomic E-state index is 0.767. The summed E-state index contributed by atoms with van der Waals surface area (Å²) in [6.45, 7) is 11.5. The molecule has 22 heavy (non-hydrogen) atoms. The number of anilines is 1. The molecule has 1 aromatic carbocycles. The molecule has 0 aliphatic carbocycles. The lowest BCUT2D eigenvalue weighted by molar-refractivity contribution is 0.169. The van der Waals surface area contributed by atoms with Gasteiger partial charge in [-0.1, -0.05) is 19.9 Å². The summed E-state index contributed by atoms with van der Waals surface area (Å²) in [7, 11) is 1.76. The lowest BCUT2D eigenvalue weighted by atomic mass is 10.0. The fourth-order valence-corrected chi connectivity index (χ4v) is 3.55. The maximum atomic E-state index is 5.46. The van der Waals surface area contributed by atoms with Gasteiger partial charge in [-0.15, -0.1) is 0 Å². The third kappa shape index (κ3) is 4.16. The summed E-state index contributed by atoms with van der Waals surface area (Å²) < 4.78 is 5.46. The highest BCUT2D eigenvalue weighted by atomic mass is 16.5. The Bertz CT molecular complexity index is 447. The van der Waals surface area contributed by atoms with Crippen molar-refractivity contribution in [2.24, 2.45) is 0 Å². The zero-order chi connectivity index (χ0) is 15.9. The molecule has 1 heterocycles. The third-order valence-corrected chi connectivity index (χ3v) is 4.76. The second-order valence-electron chi connectivity index (χ2n) is 6.41. The van der Waals surface area contributed by atoms with Crippen molar-refractivity contribution in [3.05, 3.63) is 23.8 Å². The quantitative estimate of drug-likeness (QED) is 0.754.